The molecule has 2 atom stereocenters. The Kier molecular flexibility index (Phi) is 9.43. The van der Waals surface area contributed by atoms with Crippen molar-refractivity contribution in [2.75, 3.05) is 13.1 Å². The number of halogens is 1. The standard InChI is InChI=1S/C32H36ClN3O7S/c1-20(2)27(30(40)36-17-16-32(41,31(3,4)19-36)23-12-14-24(33)15-13-23)34-28(38)21-8-7-9-22(18-21)29(39)35-44(42,43)26-11-6-5-10-25(26)37/h5-15,18,20,27,37,41H,16-17,19H2,1-4H3,(H,34,38)(H,35,39)/t27-,32+/m1/s1. The molecule has 0 aromatic heterocycles. The van der Waals surface area contributed by atoms with Crippen LogP contribution < -0.4 is 10.0 Å². The van der Waals surface area contributed by atoms with Crippen LogP contribution in [0.2, 0.25) is 5.02 Å². The zero-order valence-corrected chi connectivity index (χ0v) is 26.4. The van der Waals surface area contributed by atoms with E-state index in [0.717, 1.165) is 6.07 Å². The monoisotopic (exact) mass is 641 g/mol. The van der Waals surface area contributed by atoms with Gasteiger partial charge in [0.25, 0.3) is 21.8 Å². The predicted molar refractivity (Wildman–Crippen MR) is 166 cm³/mol. The van der Waals surface area contributed by atoms with Crippen molar-refractivity contribution >= 4 is 39.3 Å². The Morgan fingerprint density at radius 1 is 0.932 bits per heavy atom. The Hall–Kier alpha value is -3.93. The number of phenolic OH excluding ortho intramolecular Hbond substituents is 1. The van der Waals surface area contributed by atoms with Crippen LogP contribution in [0.15, 0.2) is 77.7 Å². The Balaban J connectivity index is 1.48. The Morgan fingerprint density at radius 2 is 1.55 bits per heavy atom. The van der Waals surface area contributed by atoms with Crippen molar-refractivity contribution in [2.24, 2.45) is 11.3 Å². The van der Waals surface area contributed by atoms with Gasteiger partial charge in [-0.15, -0.1) is 0 Å². The quantitative estimate of drug-likeness (QED) is 0.289. The summed E-state index contributed by atoms with van der Waals surface area (Å²) in [5.74, 6) is -2.73. The SMILES string of the molecule is CC(C)[C@@H](NC(=O)c1cccc(C(=O)NS(=O)(=O)c2ccccc2O)c1)C(=O)N1CC[C@](O)(c2ccc(Cl)cc2)C(C)(C)C1. The highest BCUT2D eigenvalue weighted by Crippen LogP contribution is 2.46. The normalized spacial score (nSPS) is 18.8. The molecular weight excluding hydrogens is 606 g/mol. The lowest BCUT2D eigenvalue weighted by atomic mass is 9.66. The molecule has 3 aromatic rings. The number of amides is 3. The van der Waals surface area contributed by atoms with Gasteiger partial charge in [-0.25, -0.2) is 13.1 Å². The summed E-state index contributed by atoms with van der Waals surface area (Å²) in [6.45, 7) is 7.89. The van der Waals surface area contributed by atoms with E-state index in [-0.39, 0.29) is 42.5 Å². The van der Waals surface area contributed by atoms with Crippen LogP contribution in [0, 0.1) is 11.3 Å². The summed E-state index contributed by atoms with van der Waals surface area (Å²) in [5.41, 5.74) is -1.27. The molecule has 12 heteroatoms. The van der Waals surface area contributed by atoms with Crippen LogP contribution in [-0.4, -0.2) is 60.4 Å². The van der Waals surface area contributed by atoms with Gasteiger partial charge in [-0.1, -0.05) is 69.6 Å². The average molecular weight is 642 g/mol. The first kappa shape index (κ1) is 33.0. The highest BCUT2D eigenvalue weighted by molar-refractivity contribution is 7.90. The van der Waals surface area contributed by atoms with Gasteiger partial charge in [-0.05, 0) is 60.4 Å². The van der Waals surface area contributed by atoms with Crippen molar-refractivity contribution in [1.29, 1.82) is 0 Å². The fourth-order valence-electron chi connectivity index (χ4n) is 5.43. The predicted octanol–water partition coefficient (Wildman–Crippen LogP) is 4.07. The van der Waals surface area contributed by atoms with Gasteiger partial charge < -0.3 is 20.4 Å². The topological polar surface area (TPSA) is 153 Å². The van der Waals surface area contributed by atoms with Crippen LogP contribution in [0.5, 0.6) is 5.75 Å². The lowest BCUT2D eigenvalue weighted by Crippen LogP contribution is -2.60. The molecule has 1 fully saturated rings. The summed E-state index contributed by atoms with van der Waals surface area (Å²) < 4.78 is 27.2. The third-order valence-electron chi connectivity index (χ3n) is 8.07. The number of aliphatic hydroxyl groups is 1. The minimum Gasteiger partial charge on any atom is -0.507 e. The van der Waals surface area contributed by atoms with Gasteiger partial charge in [0.05, 0.1) is 5.60 Å². The zero-order valence-electron chi connectivity index (χ0n) is 24.9. The number of carbonyl (C=O) groups is 3. The van der Waals surface area contributed by atoms with Crippen LogP contribution in [-0.2, 0) is 20.4 Å². The van der Waals surface area contributed by atoms with E-state index in [9.17, 15) is 33.0 Å². The molecule has 0 aliphatic carbocycles. The summed E-state index contributed by atoms with van der Waals surface area (Å²) in [7, 11) is -4.39. The van der Waals surface area contributed by atoms with E-state index in [2.05, 4.69) is 5.32 Å². The second kappa shape index (κ2) is 12.6. The number of carbonyl (C=O) groups excluding carboxylic acids is 3. The van der Waals surface area contributed by atoms with Crippen molar-refractivity contribution in [3.05, 3.63) is 94.5 Å². The summed E-state index contributed by atoms with van der Waals surface area (Å²) in [6, 6.07) is 16.7. The number of likely N-dealkylation sites (tertiary alicyclic amines) is 1. The molecule has 0 spiro atoms. The first-order valence-corrected chi connectivity index (χ1v) is 15.9. The number of nitrogens with one attached hydrogen (secondary N) is 2. The van der Waals surface area contributed by atoms with E-state index in [1.807, 2.05) is 18.6 Å². The lowest BCUT2D eigenvalue weighted by molar-refractivity contribution is -0.155. The number of rotatable bonds is 8. The molecule has 0 saturated carbocycles. The zero-order chi connectivity index (χ0) is 32.4. The van der Waals surface area contributed by atoms with E-state index < -0.39 is 49.5 Å². The van der Waals surface area contributed by atoms with Crippen LogP contribution in [0.1, 0.15) is 60.4 Å². The fourth-order valence-corrected chi connectivity index (χ4v) is 6.63. The van der Waals surface area contributed by atoms with Crippen LogP contribution in [0.4, 0.5) is 0 Å². The van der Waals surface area contributed by atoms with Crippen LogP contribution in [0.3, 0.4) is 0 Å². The van der Waals surface area contributed by atoms with Crippen molar-refractivity contribution in [1.82, 2.24) is 14.9 Å². The van der Waals surface area contributed by atoms with Gasteiger partial charge in [0.2, 0.25) is 5.91 Å². The molecule has 0 bridgehead atoms. The van der Waals surface area contributed by atoms with Gasteiger partial charge >= 0.3 is 0 Å². The Morgan fingerprint density at radius 3 is 2.14 bits per heavy atom. The van der Waals surface area contributed by atoms with Gasteiger partial charge in [0.1, 0.15) is 16.7 Å². The molecule has 1 heterocycles. The molecular formula is C32H36ClN3O7S. The van der Waals surface area contributed by atoms with E-state index in [0.29, 0.717) is 10.6 Å². The molecule has 234 valence electrons. The maximum absolute atomic E-state index is 13.7. The van der Waals surface area contributed by atoms with Crippen molar-refractivity contribution < 1.29 is 33.0 Å². The van der Waals surface area contributed by atoms with Gasteiger partial charge in [0.15, 0.2) is 0 Å². The summed E-state index contributed by atoms with van der Waals surface area (Å²) in [4.78, 5) is 41.0. The van der Waals surface area contributed by atoms with Crippen molar-refractivity contribution in [3.8, 4) is 5.75 Å². The molecule has 44 heavy (non-hydrogen) atoms. The number of sulfonamides is 1. The smallest absolute Gasteiger partial charge is 0.267 e. The lowest BCUT2D eigenvalue weighted by Gasteiger charge is -2.51. The number of hydrogen-bond donors (Lipinski definition) is 4. The molecule has 0 unspecified atom stereocenters. The van der Waals surface area contributed by atoms with Crippen LogP contribution >= 0.6 is 11.6 Å². The van der Waals surface area contributed by atoms with Gasteiger partial charge in [-0.2, -0.15) is 0 Å². The number of benzene rings is 3. The Labute approximate surface area is 262 Å². The van der Waals surface area contributed by atoms with Gasteiger partial charge in [0, 0.05) is 34.7 Å². The highest BCUT2D eigenvalue weighted by Gasteiger charge is 2.50. The summed E-state index contributed by atoms with van der Waals surface area (Å²) in [5, 5.41) is 24.9. The third-order valence-corrected chi connectivity index (χ3v) is 9.70. The van der Waals surface area contributed by atoms with Gasteiger partial charge in [-0.3, -0.25) is 14.4 Å². The fraction of sp³-hybridized carbons (Fsp3) is 0.344. The van der Waals surface area contributed by atoms with Crippen LogP contribution in [0.25, 0.3) is 0 Å². The molecule has 4 N–H and O–H groups in total. The van der Waals surface area contributed by atoms with E-state index in [1.165, 1.54) is 42.5 Å². The second-order valence-corrected chi connectivity index (χ2v) is 14.0. The molecule has 1 aliphatic rings. The first-order valence-electron chi connectivity index (χ1n) is 14.1. The molecule has 10 nitrogen and oxygen atoms in total. The molecule has 0 radical (unpaired) electrons. The summed E-state index contributed by atoms with van der Waals surface area (Å²) in [6.07, 6.45) is 0.285. The van der Waals surface area contributed by atoms with E-state index in [1.54, 1.807) is 43.0 Å². The molecule has 1 aliphatic heterocycles. The summed E-state index contributed by atoms with van der Waals surface area (Å²) >= 11 is 6.04. The van der Waals surface area contributed by atoms with Crippen molar-refractivity contribution in [2.45, 2.75) is 50.7 Å². The number of para-hydroxylation sites is 1. The van der Waals surface area contributed by atoms with Crippen molar-refractivity contribution in [3.63, 3.8) is 0 Å². The number of phenols is 1. The first-order chi connectivity index (χ1) is 20.6. The number of nitrogens with zero attached hydrogens (tertiary/aromatic N) is 1. The highest BCUT2D eigenvalue weighted by atomic mass is 35.5. The minimum atomic E-state index is -4.39. The third kappa shape index (κ3) is 6.74. The minimum absolute atomic E-state index is 0.0483. The maximum Gasteiger partial charge on any atom is 0.267 e. The molecule has 4 rings (SSSR count). The average Bonchev–Trinajstić information content (AvgIpc) is 2.97. The second-order valence-electron chi connectivity index (χ2n) is 11.9. The largest absolute Gasteiger partial charge is 0.507 e. The Bertz CT molecular complexity index is 1680. The molecule has 3 amide bonds. The van der Waals surface area contributed by atoms with E-state index >= 15 is 0 Å². The van der Waals surface area contributed by atoms with E-state index in [4.69, 9.17) is 11.6 Å². The molecule has 1 saturated heterocycles. The number of piperidine rings is 1. The molecule has 3 aromatic carbocycles. The number of aromatic hydroxyl groups is 1. The number of hydrogen-bond acceptors (Lipinski definition) is 7. The maximum atomic E-state index is 13.7.